The highest BCUT2D eigenvalue weighted by molar-refractivity contribution is 5.39. The summed E-state index contributed by atoms with van der Waals surface area (Å²) >= 11 is 0. The van der Waals surface area contributed by atoms with Crippen molar-refractivity contribution in [3.05, 3.63) is 24.2 Å². The van der Waals surface area contributed by atoms with Crippen LogP contribution in [0.25, 0.3) is 5.82 Å². The van der Waals surface area contributed by atoms with Crippen molar-refractivity contribution >= 4 is 5.95 Å². The van der Waals surface area contributed by atoms with E-state index < -0.39 is 0 Å². The first-order chi connectivity index (χ1) is 8.08. The number of hydrogen-bond donors (Lipinski definition) is 1. The largest absolute Gasteiger partial charge is 0.355 e. The van der Waals surface area contributed by atoms with Crippen LogP contribution in [0, 0.1) is 12.8 Å². The lowest BCUT2D eigenvalue weighted by molar-refractivity contribution is 0.679. The fraction of sp³-hybridized carbons (Fsp3) is 0.500. The Morgan fingerprint density at radius 2 is 2.18 bits per heavy atom. The van der Waals surface area contributed by atoms with Crippen LogP contribution in [0.1, 0.15) is 19.5 Å². The van der Waals surface area contributed by atoms with Gasteiger partial charge in [-0.1, -0.05) is 13.8 Å². The second kappa shape index (κ2) is 4.61. The van der Waals surface area contributed by atoms with E-state index in [0.717, 1.165) is 24.0 Å². The number of aromatic nitrogens is 4. The Morgan fingerprint density at radius 3 is 2.76 bits per heavy atom. The molecule has 5 heteroatoms. The molecule has 1 N–H and O–H groups in total. The third-order valence-electron chi connectivity index (χ3n) is 2.54. The maximum Gasteiger partial charge on any atom is 0.208 e. The molecule has 17 heavy (non-hydrogen) atoms. The molecule has 0 atom stereocenters. The van der Waals surface area contributed by atoms with E-state index in [0.29, 0.717) is 5.92 Å². The highest BCUT2D eigenvalue weighted by Gasteiger charge is 2.10. The topological polar surface area (TPSA) is 47.7 Å². The van der Waals surface area contributed by atoms with Crippen molar-refractivity contribution in [3.63, 3.8) is 0 Å². The third kappa shape index (κ3) is 2.49. The van der Waals surface area contributed by atoms with Gasteiger partial charge in [0.15, 0.2) is 0 Å². The van der Waals surface area contributed by atoms with Gasteiger partial charge in [-0.15, -0.1) is 0 Å². The Kier molecular flexibility index (Phi) is 3.17. The fourth-order valence-electron chi connectivity index (χ4n) is 1.70. The molecule has 0 saturated heterocycles. The lowest BCUT2D eigenvalue weighted by atomic mass is 10.2. The van der Waals surface area contributed by atoms with E-state index in [1.54, 1.807) is 6.20 Å². The first-order valence-corrected chi connectivity index (χ1v) is 5.86. The second-order valence-electron chi connectivity index (χ2n) is 4.66. The van der Waals surface area contributed by atoms with Crippen molar-refractivity contribution in [1.82, 2.24) is 19.3 Å². The SMILES string of the molecule is Cc1cn(-c2ccnn2C)c(NCC(C)C)n1. The van der Waals surface area contributed by atoms with Gasteiger partial charge in [0.05, 0.1) is 11.9 Å². The van der Waals surface area contributed by atoms with Crippen molar-refractivity contribution in [1.29, 1.82) is 0 Å². The summed E-state index contributed by atoms with van der Waals surface area (Å²) in [5, 5.41) is 7.54. The van der Waals surface area contributed by atoms with Crippen LogP contribution in [-0.4, -0.2) is 25.9 Å². The van der Waals surface area contributed by atoms with Gasteiger partial charge in [-0.2, -0.15) is 5.10 Å². The van der Waals surface area contributed by atoms with E-state index >= 15 is 0 Å². The van der Waals surface area contributed by atoms with Gasteiger partial charge < -0.3 is 5.32 Å². The molecule has 0 spiro atoms. The molecule has 0 aliphatic carbocycles. The van der Waals surface area contributed by atoms with Gasteiger partial charge in [0.2, 0.25) is 5.95 Å². The van der Waals surface area contributed by atoms with Crippen LogP contribution in [-0.2, 0) is 7.05 Å². The summed E-state index contributed by atoms with van der Waals surface area (Å²) in [6.45, 7) is 7.26. The molecule has 2 rings (SSSR count). The first-order valence-electron chi connectivity index (χ1n) is 5.86. The zero-order valence-corrected chi connectivity index (χ0v) is 10.8. The van der Waals surface area contributed by atoms with Crippen molar-refractivity contribution in [2.45, 2.75) is 20.8 Å². The zero-order valence-electron chi connectivity index (χ0n) is 10.8. The number of nitrogens with zero attached hydrogens (tertiary/aromatic N) is 4. The van der Waals surface area contributed by atoms with Crippen LogP contribution in [0.15, 0.2) is 18.5 Å². The number of nitrogens with one attached hydrogen (secondary N) is 1. The maximum absolute atomic E-state index is 4.49. The molecule has 5 nitrogen and oxygen atoms in total. The average molecular weight is 233 g/mol. The predicted octanol–water partition coefficient (Wildman–Crippen LogP) is 1.98. The van der Waals surface area contributed by atoms with E-state index in [2.05, 4.69) is 29.2 Å². The molecular formula is C12H19N5. The van der Waals surface area contributed by atoms with E-state index in [1.807, 2.05) is 35.5 Å². The van der Waals surface area contributed by atoms with Crippen LogP contribution in [0.2, 0.25) is 0 Å². The summed E-state index contributed by atoms with van der Waals surface area (Å²) in [7, 11) is 1.93. The Labute approximate surface area is 101 Å². The van der Waals surface area contributed by atoms with E-state index in [1.165, 1.54) is 0 Å². The van der Waals surface area contributed by atoms with Crippen LogP contribution >= 0.6 is 0 Å². The Bertz CT molecular complexity index is 495. The Hall–Kier alpha value is -1.78. The van der Waals surface area contributed by atoms with Gasteiger partial charge in [0, 0.05) is 25.9 Å². The highest BCUT2D eigenvalue weighted by Crippen LogP contribution is 2.15. The summed E-state index contributed by atoms with van der Waals surface area (Å²) in [5.74, 6) is 2.48. The molecule has 0 saturated carbocycles. The normalized spacial score (nSPS) is 11.1. The molecule has 0 radical (unpaired) electrons. The molecule has 0 fully saturated rings. The smallest absolute Gasteiger partial charge is 0.208 e. The minimum Gasteiger partial charge on any atom is -0.355 e. The van der Waals surface area contributed by atoms with Crippen molar-refractivity contribution in [2.24, 2.45) is 13.0 Å². The predicted molar refractivity (Wildman–Crippen MR) is 68.4 cm³/mol. The molecule has 0 aliphatic rings. The minimum absolute atomic E-state index is 0.590. The summed E-state index contributed by atoms with van der Waals surface area (Å²) in [6.07, 6.45) is 3.80. The monoisotopic (exact) mass is 233 g/mol. The summed E-state index contributed by atoms with van der Waals surface area (Å²) in [5.41, 5.74) is 0.998. The van der Waals surface area contributed by atoms with Crippen LogP contribution in [0.3, 0.4) is 0 Å². The number of rotatable bonds is 4. The fourth-order valence-corrected chi connectivity index (χ4v) is 1.70. The summed E-state index contributed by atoms with van der Waals surface area (Å²) in [6, 6.07) is 1.97. The number of aryl methyl sites for hydroxylation is 2. The van der Waals surface area contributed by atoms with Crippen LogP contribution < -0.4 is 5.32 Å². The molecule has 2 aromatic heterocycles. The van der Waals surface area contributed by atoms with E-state index in [4.69, 9.17) is 0 Å². The molecule has 0 amide bonds. The average Bonchev–Trinajstić information content (AvgIpc) is 2.81. The van der Waals surface area contributed by atoms with Gasteiger partial charge in [-0.05, 0) is 12.8 Å². The third-order valence-corrected chi connectivity index (χ3v) is 2.54. The lowest BCUT2D eigenvalue weighted by Gasteiger charge is -2.11. The van der Waals surface area contributed by atoms with Gasteiger partial charge in [0.25, 0.3) is 0 Å². The summed E-state index contributed by atoms with van der Waals surface area (Å²) < 4.78 is 3.87. The van der Waals surface area contributed by atoms with Crippen molar-refractivity contribution in [2.75, 3.05) is 11.9 Å². The minimum atomic E-state index is 0.590. The molecular weight excluding hydrogens is 214 g/mol. The van der Waals surface area contributed by atoms with E-state index in [9.17, 15) is 0 Å². The molecule has 2 aromatic rings. The Balaban J connectivity index is 2.31. The quantitative estimate of drug-likeness (QED) is 0.878. The van der Waals surface area contributed by atoms with Crippen molar-refractivity contribution in [3.8, 4) is 5.82 Å². The molecule has 0 aliphatic heterocycles. The lowest BCUT2D eigenvalue weighted by Crippen LogP contribution is -2.13. The summed E-state index contributed by atoms with van der Waals surface area (Å²) in [4.78, 5) is 4.49. The van der Waals surface area contributed by atoms with Gasteiger partial charge >= 0.3 is 0 Å². The Morgan fingerprint density at radius 1 is 1.41 bits per heavy atom. The number of anilines is 1. The molecule has 0 unspecified atom stereocenters. The zero-order chi connectivity index (χ0) is 12.4. The standard InChI is InChI=1S/C12H19N5/c1-9(2)7-13-12-15-10(3)8-17(12)11-5-6-14-16(11)4/h5-6,8-9H,7H2,1-4H3,(H,13,15). The molecule has 2 heterocycles. The first kappa shape index (κ1) is 11.7. The van der Waals surface area contributed by atoms with Crippen LogP contribution in [0.5, 0.6) is 0 Å². The number of hydrogen-bond acceptors (Lipinski definition) is 3. The number of imidazole rings is 1. The van der Waals surface area contributed by atoms with Gasteiger partial charge in [0.1, 0.15) is 5.82 Å². The second-order valence-corrected chi connectivity index (χ2v) is 4.66. The molecule has 0 aromatic carbocycles. The van der Waals surface area contributed by atoms with Crippen molar-refractivity contribution < 1.29 is 0 Å². The maximum atomic E-state index is 4.49. The highest BCUT2D eigenvalue weighted by atomic mass is 15.3. The van der Waals surface area contributed by atoms with Crippen LogP contribution in [0.4, 0.5) is 5.95 Å². The van der Waals surface area contributed by atoms with E-state index in [-0.39, 0.29) is 0 Å². The molecule has 0 bridgehead atoms. The van der Waals surface area contributed by atoms with Gasteiger partial charge in [-0.3, -0.25) is 9.25 Å². The van der Waals surface area contributed by atoms with Gasteiger partial charge in [-0.25, -0.2) is 4.98 Å². The molecule has 92 valence electrons.